The molecular formula is C16H13N3O2. The van der Waals surface area contributed by atoms with Crippen molar-refractivity contribution in [3.63, 3.8) is 0 Å². The van der Waals surface area contributed by atoms with Crippen molar-refractivity contribution >= 4 is 21.9 Å². The molecule has 4 rings (SSSR count). The van der Waals surface area contributed by atoms with Gasteiger partial charge in [0, 0.05) is 23.9 Å². The van der Waals surface area contributed by atoms with Gasteiger partial charge in [0.15, 0.2) is 11.2 Å². The molecule has 4 aromatic rings. The predicted octanol–water partition coefficient (Wildman–Crippen LogP) is 3.26. The lowest BCUT2D eigenvalue weighted by Crippen LogP contribution is -2.13. The van der Waals surface area contributed by atoms with Crippen LogP contribution in [0.4, 0.5) is 0 Å². The molecule has 0 bridgehead atoms. The van der Waals surface area contributed by atoms with Crippen molar-refractivity contribution in [2.75, 3.05) is 0 Å². The summed E-state index contributed by atoms with van der Waals surface area (Å²) in [5, 5.41) is 13.6. The molecule has 0 saturated carbocycles. The number of aromatic nitrogens is 2. The maximum Gasteiger partial charge on any atom is 0.167 e. The fourth-order valence-electron chi connectivity index (χ4n) is 2.43. The first-order valence-corrected chi connectivity index (χ1v) is 6.79. The molecule has 5 heteroatoms. The molecule has 0 aliphatic heterocycles. The molecule has 0 unspecified atom stereocenters. The van der Waals surface area contributed by atoms with E-state index in [0.717, 1.165) is 33.3 Å². The van der Waals surface area contributed by atoms with E-state index in [0.29, 0.717) is 13.1 Å². The van der Waals surface area contributed by atoms with Crippen molar-refractivity contribution in [3.05, 3.63) is 59.9 Å². The summed E-state index contributed by atoms with van der Waals surface area (Å²) in [4.78, 5) is 0. The molecule has 0 aliphatic carbocycles. The summed E-state index contributed by atoms with van der Waals surface area (Å²) < 4.78 is 10.6. The molecule has 5 nitrogen and oxygen atoms in total. The normalized spacial score (nSPS) is 11.4. The van der Waals surface area contributed by atoms with Gasteiger partial charge in [0.25, 0.3) is 0 Å². The van der Waals surface area contributed by atoms with Gasteiger partial charge in [0.05, 0.1) is 0 Å². The monoisotopic (exact) mass is 279 g/mol. The van der Waals surface area contributed by atoms with Crippen LogP contribution in [-0.2, 0) is 13.1 Å². The molecule has 2 heterocycles. The third-order valence-corrected chi connectivity index (χ3v) is 3.49. The zero-order chi connectivity index (χ0) is 14.1. The molecule has 0 fully saturated rings. The van der Waals surface area contributed by atoms with E-state index in [4.69, 9.17) is 9.05 Å². The van der Waals surface area contributed by atoms with Crippen LogP contribution in [0.2, 0.25) is 0 Å². The van der Waals surface area contributed by atoms with Gasteiger partial charge in [0.1, 0.15) is 11.4 Å². The Morgan fingerprint density at radius 2 is 1.19 bits per heavy atom. The summed E-state index contributed by atoms with van der Waals surface area (Å²) in [5.74, 6) is 0. The molecule has 2 aromatic heterocycles. The maximum absolute atomic E-state index is 5.28. The summed E-state index contributed by atoms with van der Waals surface area (Å²) >= 11 is 0. The third kappa shape index (κ3) is 2.17. The fourth-order valence-corrected chi connectivity index (χ4v) is 2.43. The molecule has 0 amide bonds. The van der Waals surface area contributed by atoms with E-state index < -0.39 is 0 Å². The first kappa shape index (κ1) is 12.1. The molecule has 0 aliphatic rings. The van der Waals surface area contributed by atoms with Crippen molar-refractivity contribution in [1.29, 1.82) is 0 Å². The number of nitrogens with zero attached hydrogens (tertiary/aromatic N) is 2. The second-order valence-corrected chi connectivity index (χ2v) is 4.85. The predicted molar refractivity (Wildman–Crippen MR) is 78.6 cm³/mol. The molecule has 0 saturated heterocycles. The first-order chi connectivity index (χ1) is 10.4. The van der Waals surface area contributed by atoms with Crippen LogP contribution in [-0.4, -0.2) is 10.3 Å². The van der Waals surface area contributed by atoms with Gasteiger partial charge in [-0.2, -0.15) is 0 Å². The topological polar surface area (TPSA) is 64.1 Å². The van der Waals surface area contributed by atoms with E-state index in [1.54, 1.807) is 0 Å². The molecule has 0 radical (unpaired) electrons. The highest BCUT2D eigenvalue weighted by molar-refractivity contribution is 5.80. The summed E-state index contributed by atoms with van der Waals surface area (Å²) in [6.45, 7) is 1.25. The highest BCUT2D eigenvalue weighted by atomic mass is 16.5. The Labute approximate surface area is 120 Å². The lowest BCUT2D eigenvalue weighted by Gasteiger charge is -1.99. The molecule has 0 spiro atoms. The van der Waals surface area contributed by atoms with Gasteiger partial charge in [-0.15, -0.1) is 0 Å². The van der Waals surface area contributed by atoms with Crippen molar-refractivity contribution < 1.29 is 9.05 Å². The molecule has 0 atom stereocenters. The average molecular weight is 279 g/mol. The van der Waals surface area contributed by atoms with Crippen LogP contribution < -0.4 is 5.32 Å². The van der Waals surface area contributed by atoms with E-state index in [2.05, 4.69) is 15.6 Å². The Balaban J connectivity index is 1.50. The van der Waals surface area contributed by atoms with Gasteiger partial charge in [-0.3, -0.25) is 0 Å². The van der Waals surface area contributed by atoms with Crippen LogP contribution in [0.25, 0.3) is 21.9 Å². The van der Waals surface area contributed by atoms with Crippen molar-refractivity contribution in [1.82, 2.24) is 15.6 Å². The number of hydrogen-bond acceptors (Lipinski definition) is 5. The van der Waals surface area contributed by atoms with Gasteiger partial charge in [-0.1, -0.05) is 34.6 Å². The van der Waals surface area contributed by atoms with Crippen molar-refractivity contribution in [2.45, 2.75) is 13.1 Å². The largest absolute Gasteiger partial charge is 0.356 e. The summed E-state index contributed by atoms with van der Waals surface area (Å²) in [5.41, 5.74) is 3.42. The number of fused-ring (bicyclic) bond motifs is 2. The summed E-state index contributed by atoms with van der Waals surface area (Å²) in [6, 6.07) is 15.7. The van der Waals surface area contributed by atoms with Crippen molar-refractivity contribution in [3.8, 4) is 0 Å². The number of nitrogens with one attached hydrogen (secondary N) is 1. The smallest absolute Gasteiger partial charge is 0.167 e. The summed E-state index contributed by atoms with van der Waals surface area (Å²) in [7, 11) is 0. The average Bonchev–Trinajstić information content (AvgIpc) is 3.13. The van der Waals surface area contributed by atoms with E-state index in [9.17, 15) is 0 Å². The number of benzene rings is 2. The molecular weight excluding hydrogens is 266 g/mol. The molecule has 1 N–H and O–H groups in total. The van der Waals surface area contributed by atoms with Crippen LogP contribution in [0, 0.1) is 0 Å². The SMILES string of the molecule is c1ccc2c(CNCc3noc4ccccc34)noc2c1. The minimum Gasteiger partial charge on any atom is -0.356 e. The minimum absolute atomic E-state index is 0.623. The lowest BCUT2D eigenvalue weighted by atomic mass is 10.2. The quantitative estimate of drug-likeness (QED) is 0.621. The molecule has 21 heavy (non-hydrogen) atoms. The second kappa shape index (κ2) is 5.03. The second-order valence-electron chi connectivity index (χ2n) is 4.85. The van der Waals surface area contributed by atoms with Crippen LogP contribution in [0.5, 0.6) is 0 Å². The maximum atomic E-state index is 5.28. The van der Waals surface area contributed by atoms with Gasteiger partial charge in [0.2, 0.25) is 0 Å². The number of para-hydroxylation sites is 2. The minimum atomic E-state index is 0.623. The van der Waals surface area contributed by atoms with Gasteiger partial charge < -0.3 is 14.4 Å². The third-order valence-electron chi connectivity index (χ3n) is 3.49. The van der Waals surface area contributed by atoms with Gasteiger partial charge in [-0.05, 0) is 24.3 Å². The van der Waals surface area contributed by atoms with Crippen LogP contribution in [0.1, 0.15) is 11.4 Å². The highest BCUT2D eigenvalue weighted by Gasteiger charge is 2.09. The zero-order valence-corrected chi connectivity index (χ0v) is 11.2. The van der Waals surface area contributed by atoms with Crippen LogP contribution >= 0.6 is 0 Å². The van der Waals surface area contributed by atoms with Crippen LogP contribution in [0.15, 0.2) is 57.6 Å². The van der Waals surface area contributed by atoms with E-state index in [1.165, 1.54) is 0 Å². The standard InChI is InChI=1S/C16H13N3O2/c1-3-7-15-11(5-1)13(18-20-15)9-17-10-14-12-6-2-4-8-16(12)21-19-14/h1-8,17H,9-10H2. The Hall–Kier alpha value is -2.66. The Bertz CT molecular complexity index is 820. The Morgan fingerprint density at radius 1 is 0.714 bits per heavy atom. The first-order valence-electron chi connectivity index (χ1n) is 6.79. The van der Waals surface area contributed by atoms with Crippen molar-refractivity contribution in [2.24, 2.45) is 0 Å². The number of hydrogen-bond donors (Lipinski definition) is 1. The lowest BCUT2D eigenvalue weighted by molar-refractivity contribution is 0.433. The Kier molecular flexibility index (Phi) is 2.90. The zero-order valence-electron chi connectivity index (χ0n) is 11.2. The van der Waals surface area contributed by atoms with E-state index in [-0.39, 0.29) is 0 Å². The van der Waals surface area contributed by atoms with E-state index >= 15 is 0 Å². The van der Waals surface area contributed by atoms with Crippen LogP contribution in [0.3, 0.4) is 0 Å². The molecule has 2 aromatic carbocycles. The summed E-state index contributed by atoms with van der Waals surface area (Å²) in [6.07, 6.45) is 0. The van der Waals surface area contributed by atoms with Gasteiger partial charge >= 0.3 is 0 Å². The molecule has 104 valence electrons. The number of rotatable bonds is 4. The fraction of sp³-hybridized carbons (Fsp3) is 0.125. The van der Waals surface area contributed by atoms with E-state index in [1.807, 2.05) is 48.5 Å². The van der Waals surface area contributed by atoms with Gasteiger partial charge in [-0.25, -0.2) is 0 Å². The highest BCUT2D eigenvalue weighted by Crippen LogP contribution is 2.19. The Morgan fingerprint density at radius 3 is 1.71 bits per heavy atom.